The fourth-order valence-corrected chi connectivity index (χ4v) is 2.02. The van der Waals surface area contributed by atoms with Gasteiger partial charge in [0, 0.05) is 5.56 Å². The minimum absolute atomic E-state index is 0.327. The fraction of sp³-hybridized carbons (Fsp3) is 0.188. The molecule has 3 N–H and O–H groups in total. The zero-order valence-corrected chi connectivity index (χ0v) is 11.2. The van der Waals surface area contributed by atoms with Crippen LogP contribution in [0.2, 0.25) is 0 Å². The maximum atomic E-state index is 13.6. The molecule has 0 bridgehead atoms. The number of halogens is 1. The molecule has 2 aromatic rings. The number of carbonyl (C=O) groups is 1. The molecule has 3 nitrogen and oxygen atoms in total. The third-order valence-corrected chi connectivity index (χ3v) is 3.17. The summed E-state index contributed by atoms with van der Waals surface area (Å²) in [6.07, 6.45) is 0. The summed E-state index contributed by atoms with van der Waals surface area (Å²) in [4.78, 5) is 12.1. The maximum absolute atomic E-state index is 13.6. The van der Waals surface area contributed by atoms with Crippen molar-refractivity contribution < 1.29 is 9.18 Å². The highest BCUT2D eigenvalue weighted by Crippen LogP contribution is 2.17. The Morgan fingerprint density at radius 1 is 1.10 bits per heavy atom. The Morgan fingerprint density at radius 3 is 2.35 bits per heavy atom. The molecule has 0 radical (unpaired) electrons. The molecule has 0 aromatic heterocycles. The van der Waals surface area contributed by atoms with Crippen molar-refractivity contribution in [3.8, 4) is 0 Å². The minimum Gasteiger partial charge on any atom is -0.348 e. The van der Waals surface area contributed by atoms with Gasteiger partial charge in [-0.1, -0.05) is 48.5 Å². The van der Waals surface area contributed by atoms with E-state index in [9.17, 15) is 9.18 Å². The van der Waals surface area contributed by atoms with Crippen LogP contribution in [0.4, 0.5) is 4.39 Å². The lowest BCUT2D eigenvalue weighted by Gasteiger charge is -2.18. The Kier molecular flexibility index (Phi) is 4.48. The van der Waals surface area contributed by atoms with Crippen molar-refractivity contribution in [1.29, 1.82) is 0 Å². The van der Waals surface area contributed by atoms with Gasteiger partial charge in [-0.15, -0.1) is 0 Å². The Balaban J connectivity index is 2.07. The van der Waals surface area contributed by atoms with Gasteiger partial charge < -0.3 is 11.1 Å². The van der Waals surface area contributed by atoms with Gasteiger partial charge in [-0.2, -0.15) is 0 Å². The molecule has 2 aromatic carbocycles. The second-order valence-electron chi connectivity index (χ2n) is 4.64. The van der Waals surface area contributed by atoms with E-state index in [4.69, 9.17) is 5.73 Å². The lowest BCUT2D eigenvalue weighted by Crippen LogP contribution is -2.35. The van der Waals surface area contributed by atoms with Gasteiger partial charge in [-0.25, -0.2) is 4.39 Å². The third kappa shape index (κ3) is 3.22. The average Bonchev–Trinajstić information content (AvgIpc) is 2.47. The van der Waals surface area contributed by atoms with E-state index in [2.05, 4.69) is 5.32 Å². The van der Waals surface area contributed by atoms with Gasteiger partial charge in [0.2, 0.25) is 5.91 Å². The summed E-state index contributed by atoms with van der Waals surface area (Å²) in [5.41, 5.74) is 7.07. The number of nitrogens with one attached hydrogen (secondary N) is 1. The van der Waals surface area contributed by atoms with Crippen LogP contribution < -0.4 is 11.1 Å². The Bertz CT molecular complexity index is 586. The van der Waals surface area contributed by atoms with Crippen molar-refractivity contribution in [2.24, 2.45) is 5.73 Å². The van der Waals surface area contributed by atoms with Gasteiger partial charge in [0.05, 0.1) is 6.04 Å². The summed E-state index contributed by atoms with van der Waals surface area (Å²) in [5, 5.41) is 2.73. The van der Waals surface area contributed by atoms with Crippen LogP contribution in [0.15, 0.2) is 54.6 Å². The van der Waals surface area contributed by atoms with Gasteiger partial charge in [0.1, 0.15) is 11.9 Å². The van der Waals surface area contributed by atoms with Gasteiger partial charge in [-0.3, -0.25) is 4.79 Å². The summed E-state index contributed by atoms with van der Waals surface area (Å²) < 4.78 is 13.6. The first-order valence-electron chi connectivity index (χ1n) is 6.45. The van der Waals surface area contributed by atoms with Crippen LogP contribution in [0, 0.1) is 5.82 Å². The zero-order chi connectivity index (χ0) is 14.5. The molecule has 0 aliphatic rings. The van der Waals surface area contributed by atoms with E-state index in [1.807, 2.05) is 18.2 Å². The number of nitrogens with two attached hydrogens (primary N) is 1. The Labute approximate surface area is 117 Å². The van der Waals surface area contributed by atoms with Crippen LogP contribution in [0.1, 0.15) is 30.1 Å². The SMILES string of the molecule is CC(NC(=O)[C@@H](N)c1ccccc1)c1ccccc1F. The average molecular weight is 272 g/mol. The van der Waals surface area contributed by atoms with Gasteiger partial charge >= 0.3 is 0 Å². The molecular formula is C16H17FN2O. The molecule has 0 fully saturated rings. The van der Waals surface area contributed by atoms with Crippen LogP contribution in [0.5, 0.6) is 0 Å². The molecule has 0 aliphatic carbocycles. The highest BCUT2D eigenvalue weighted by atomic mass is 19.1. The molecule has 1 amide bonds. The lowest BCUT2D eigenvalue weighted by molar-refractivity contribution is -0.123. The molecule has 0 heterocycles. The first-order chi connectivity index (χ1) is 9.59. The number of amides is 1. The van der Waals surface area contributed by atoms with Crippen LogP contribution in [0.25, 0.3) is 0 Å². The molecule has 20 heavy (non-hydrogen) atoms. The fourth-order valence-electron chi connectivity index (χ4n) is 2.02. The summed E-state index contributed by atoms with van der Waals surface area (Å²) >= 11 is 0. The topological polar surface area (TPSA) is 55.1 Å². The van der Waals surface area contributed by atoms with E-state index in [0.717, 1.165) is 5.56 Å². The third-order valence-electron chi connectivity index (χ3n) is 3.17. The van der Waals surface area contributed by atoms with Crippen molar-refractivity contribution in [2.45, 2.75) is 19.0 Å². The van der Waals surface area contributed by atoms with E-state index in [0.29, 0.717) is 5.56 Å². The molecule has 0 saturated carbocycles. The number of hydrogen-bond donors (Lipinski definition) is 2. The number of carbonyl (C=O) groups excluding carboxylic acids is 1. The first kappa shape index (κ1) is 14.2. The molecule has 2 rings (SSSR count). The second-order valence-corrected chi connectivity index (χ2v) is 4.64. The largest absolute Gasteiger partial charge is 0.348 e. The summed E-state index contributed by atoms with van der Waals surface area (Å²) in [5.74, 6) is -0.666. The van der Waals surface area contributed by atoms with Gasteiger partial charge in [0.15, 0.2) is 0 Å². The quantitative estimate of drug-likeness (QED) is 0.899. The standard InChI is InChI=1S/C16H17FN2O/c1-11(13-9-5-6-10-14(13)17)19-16(20)15(18)12-7-3-2-4-8-12/h2-11,15H,18H2,1H3,(H,19,20)/t11?,15-/m0/s1. The van der Waals surface area contributed by atoms with Crippen molar-refractivity contribution in [1.82, 2.24) is 5.32 Å². The molecule has 0 aliphatic heterocycles. The minimum atomic E-state index is -0.759. The van der Waals surface area contributed by atoms with Crippen LogP contribution in [-0.4, -0.2) is 5.91 Å². The lowest BCUT2D eigenvalue weighted by atomic mass is 10.0. The number of benzene rings is 2. The predicted molar refractivity (Wildman–Crippen MR) is 76.3 cm³/mol. The van der Waals surface area contributed by atoms with Crippen molar-refractivity contribution in [3.63, 3.8) is 0 Å². The van der Waals surface area contributed by atoms with Crippen LogP contribution in [-0.2, 0) is 4.79 Å². The first-order valence-corrected chi connectivity index (χ1v) is 6.45. The van der Waals surface area contributed by atoms with Crippen molar-refractivity contribution in [2.75, 3.05) is 0 Å². The van der Waals surface area contributed by atoms with Crippen LogP contribution >= 0.6 is 0 Å². The molecule has 2 atom stereocenters. The van der Waals surface area contributed by atoms with E-state index < -0.39 is 12.1 Å². The molecule has 0 saturated heterocycles. The number of hydrogen-bond acceptors (Lipinski definition) is 2. The molecule has 4 heteroatoms. The summed E-state index contributed by atoms with van der Waals surface area (Å²) in [6.45, 7) is 1.73. The summed E-state index contributed by atoms with van der Waals surface area (Å²) in [6, 6.07) is 14.3. The second kappa shape index (κ2) is 6.30. The monoisotopic (exact) mass is 272 g/mol. The Hall–Kier alpha value is -2.20. The smallest absolute Gasteiger partial charge is 0.241 e. The van der Waals surface area contributed by atoms with E-state index in [-0.39, 0.29) is 11.7 Å². The van der Waals surface area contributed by atoms with E-state index in [1.165, 1.54) is 6.07 Å². The summed E-state index contributed by atoms with van der Waals surface area (Å²) in [7, 11) is 0. The van der Waals surface area contributed by atoms with Gasteiger partial charge in [0.25, 0.3) is 0 Å². The number of rotatable bonds is 4. The predicted octanol–water partition coefficient (Wildman–Crippen LogP) is 2.70. The normalized spacial score (nSPS) is 13.6. The molecule has 104 valence electrons. The maximum Gasteiger partial charge on any atom is 0.241 e. The molecular weight excluding hydrogens is 255 g/mol. The highest BCUT2D eigenvalue weighted by Gasteiger charge is 2.19. The van der Waals surface area contributed by atoms with Crippen LogP contribution in [0.3, 0.4) is 0 Å². The van der Waals surface area contributed by atoms with Crippen molar-refractivity contribution in [3.05, 3.63) is 71.5 Å². The zero-order valence-electron chi connectivity index (χ0n) is 11.2. The molecule has 0 spiro atoms. The van der Waals surface area contributed by atoms with E-state index in [1.54, 1.807) is 37.3 Å². The Morgan fingerprint density at radius 2 is 1.70 bits per heavy atom. The highest BCUT2D eigenvalue weighted by molar-refractivity contribution is 5.83. The molecule has 1 unspecified atom stereocenters. The van der Waals surface area contributed by atoms with E-state index >= 15 is 0 Å². The van der Waals surface area contributed by atoms with Crippen molar-refractivity contribution >= 4 is 5.91 Å². The van der Waals surface area contributed by atoms with Gasteiger partial charge in [-0.05, 0) is 18.6 Å².